The first-order valence-corrected chi connectivity index (χ1v) is 7.70. The van der Waals surface area contributed by atoms with Gasteiger partial charge < -0.3 is 15.0 Å². The third kappa shape index (κ3) is 6.30. The van der Waals surface area contributed by atoms with E-state index in [0.717, 1.165) is 0 Å². The molecule has 0 radical (unpaired) electrons. The Bertz CT molecular complexity index is 571. The molecule has 1 unspecified atom stereocenters. The number of hydrogen-bond acceptors (Lipinski definition) is 3. The number of carbonyl (C=O) groups excluding carboxylic acids is 1. The molecule has 1 aromatic rings. The Morgan fingerprint density at radius 1 is 1.36 bits per heavy atom. The molecule has 1 rings (SSSR count). The summed E-state index contributed by atoms with van der Waals surface area (Å²) in [7, 11) is 0. The van der Waals surface area contributed by atoms with E-state index in [0.29, 0.717) is 37.3 Å². The molecule has 0 spiro atoms. The fourth-order valence-corrected chi connectivity index (χ4v) is 2.24. The number of unbranched alkanes of at least 4 members (excludes halogenated alkanes) is 1. The molecule has 7 heteroatoms. The first-order valence-electron chi connectivity index (χ1n) is 7.32. The number of halogens is 1. The zero-order valence-corrected chi connectivity index (χ0v) is 13.3. The lowest BCUT2D eigenvalue weighted by Gasteiger charge is -2.13. The Hall–Kier alpha value is -1.82. The number of pyridine rings is 1. The number of hydrogen-bond donors (Lipinski definition) is 2. The van der Waals surface area contributed by atoms with Gasteiger partial charge in [0, 0.05) is 25.2 Å². The lowest BCUT2D eigenvalue weighted by atomic mass is 10.1. The SMILES string of the molecule is CCCC(NC(=O)CCCCn1cc(Cl)ccc1=O)C(=O)O. The molecule has 0 fully saturated rings. The molecule has 0 bridgehead atoms. The van der Waals surface area contributed by atoms with E-state index in [-0.39, 0.29) is 17.9 Å². The molecule has 22 heavy (non-hydrogen) atoms. The molecule has 6 nitrogen and oxygen atoms in total. The summed E-state index contributed by atoms with van der Waals surface area (Å²) in [5.74, 6) is -1.29. The van der Waals surface area contributed by atoms with E-state index < -0.39 is 12.0 Å². The Labute approximate surface area is 134 Å². The second-order valence-electron chi connectivity index (χ2n) is 5.08. The third-order valence-corrected chi connectivity index (χ3v) is 3.43. The Morgan fingerprint density at radius 3 is 2.73 bits per heavy atom. The van der Waals surface area contributed by atoms with Crippen molar-refractivity contribution in [1.82, 2.24) is 9.88 Å². The van der Waals surface area contributed by atoms with E-state index in [2.05, 4.69) is 5.32 Å². The summed E-state index contributed by atoms with van der Waals surface area (Å²) in [4.78, 5) is 34.2. The zero-order valence-electron chi connectivity index (χ0n) is 12.5. The molecule has 1 amide bonds. The fraction of sp³-hybridized carbons (Fsp3) is 0.533. The maximum Gasteiger partial charge on any atom is 0.326 e. The molecule has 0 saturated heterocycles. The second kappa shape index (κ2) is 9.25. The van der Waals surface area contributed by atoms with Gasteiger partial charge in [-0.2, -0.15) is 0 Å². The Kier molecular flexibility index (Phi) is 7.66. The van der Waals surface area contributed by atoms with Crippen molar-refractivity contribution in [2.75, 3.05) is 0 Å². The number of aromatic nitrogens is 1. The van der Waals surface area contributed by atoms with Crippen molar-refractivity contribution in [3.05, 3.63) is 33.7 Å². The van der Waals surface area contributed by atoms with Crippen LogP contribution in [0.25, 0.3) is 0 Å². The van der Waals surface area contributed by atoms with Gasteiger partial charge in [-0.25, -0.2) is 4.79 Å². The minimum absolute atomic E-state index is 0.136. The van der Waals surface area contributed by atoms with Crippen LogP contribution in [0.2, 0.25) is 5.02 Å². The van der Waals surface area contributed by atoms with E-state index in [9.17, 15) is 14.4 Å². The number of carboxylic acids is 1. The van der Waals surface area contributed by atoms with Crippen LogP contribution in [0.5, 0.6) is 0 Å². The maximum absolute atomic E-state index is 11.7. The average molecular weight is 329 g/mol. The maximum atomic E-state index is 11.7. The number of nitrogens with zero attached hydrogens (tertiary/aromatic N) is 1. The number of aliphatic carboxylic acids is 1. The Morgan fingerprint density at radius 2 is 2.09 bits per heavy atom. The van der Waals surface area contributed by atoms with Crippen molar-refractivity contribution in [3.8, 4) is 0 Å². The van der Waals surface area contributed by atoms with Gasteiger partial charge in [0.15, 0.2) is 0 Å². The zero-order chi connectivity index (χ0) is 16.5. The van der Waals surface area contributed by atoms with Crippen LogP contribution < -0.4 is 10.9 Å². The monoisotopic (exact) mass is 328 g/mol. The number of amides is 1. The number of nitrogens with one attached hydrogen (secondary N) is 1. The number of aryl methyl sites for hydroxylation is 1. The molecule has 1 atom stereocenters. The summed E-state index contributed by atoms with van der Waals surface area (Å²) in [6.45, 7) is 2.34. The summed E-state index contributed by atoms with van der Waals surface area (Å²) in [5.41, 5.74) is -0.136. The molecular weight excluding hydrogens is 308 g/mol. The topological polar surface area (TPSA) is 88.4 Å². The second-order valence-corrected chi connectivity index (χ2v) is 5.52. The van der Waals surface area contributed by atoms with E-state index >= 15 is 0 Å². The first-order chi connectivity index (χ1) is 10.4. The van der Waals surface area contributed by atoms with Gasteiger partial charge in [-0.05, 0) is 25.3 Å². The highest BCUT2D eigenvalue weighted by Gasteiger charge is 2.18. The van der Waals surface area contributed by atoms with Crippen molar-refractivity contribution in [2.24, 2.45) is 0 Å². The van der Waals surface area contributed by atoms with Crippen molar-refractivity contribution in [2.45, 2.75) is 51.6 Å². The molecule has 1 aromatic heterocycles. The van der Waals surface area contributed by atoms with Gasteiger partial charge in [-0.15, -0.1) is 0 Å². The summed E-state index contributed by atoms with van der Waals surface area (Å²) in [6, 6.07) is 2.11. The summed E-state index contributed by atoms with van der Waals surface area (Å²) in [6.07, 6.45) is 4.12. The summed E-state index contributed by atoms with van der Waals surface area (Å²) >= 11 is 5.82. The molecule has 0 aromatic carbocycles. The molecule has 0 aliphatic heterocycles. The fourth-order valence-electron chi connectivity index (χ4n) is 2.06. The van der Waals surface area contributed by atoms with Gasteiger partial charge in [0.2, 0.25) is 5.91 Å². The molecule has 0 saturated carbocycles. The van der Waals surface area contributed by atoms with Crippen LogP contribution in [0, 0.1) is 0 Å². The number of rotatable bonds is 9. The average Bonchev–Trinajstić information content (AvgIpc) is 2.46. The van der Waals surface area contributed by atoms with Gasteiger partial charge in [0.1, 0.15) is 6.04 Å². The van der Waals surface area contributed by atoms with E-state index in [4.69, 9.17) is 16.7 Å². The van der Waals surface area contributed by atoms with Crippen LogP contribution in [0.4, 0.5) is 0 Å². The van der Waals surface area contributed by atoms with Crippen LogP contribution in [-0.4, -0.2) is 27.6 Å². The van der Waals surface area contributed by atoms with Crippen LogP contribution in [-0.2, 0) is 16.1 Å². The largest absolute Gasteiger partial charge is 0.480 e. The third-order valence-electron chi connectivity index (χ3n) is 3.21. The normalized spacial score (nSPS) is 11.9. The lowest BCUT2D eigenvalue weighted by molar-refractivity contribution is -0.142. The van der Waals surface area contributed by atoms with Gasteiger partial charge in [0.05, 0.1) is 5.02 Å². The first kappa shape index (κ1) is 18.2. The van der Waals surface area contributed by atoms with Gasteiger partial charge in [0.25, 0.3) is 5.56 Å². The van der Waals surface area contributed by atoms with Crippen molar-refractivity contribution in [1.29, 1.82) is 0 Å². The summed E-state index contributed by atoms with van der Waals surface area (Å²) in [5, 5.41) is 12.0. The Balaban J connectivity index is 2.34. The molecule has 1 heterocycles. The predicted octanol–water partition coefficient (Wildman–Crippen LogP) is 2.04. The molecule has 122 valence electrons. The lowest BCUT2D eigenvalue weighted by Crippen LogP contribution is -2.40. The highest BCUT2D eigenvalue weighted by Crippen LogP contribution is 2.05. The highest BCUT2D eigenvalue weighted by molar-refractivity contribution is 6.30. The van der Waals surface area contributed by atoms with Crippen molar-refractivity contribution in [3.63, 3.8) is 0 Å². The smallest absolute Gasteiger partial charge is 0.326 e. The number of carbonyl (C=O) groups is 2. The van der Waals surface area contributed by atoms with E-state index in [1.54, 1.807) is 6.20 Å². The van der Waals surface area contributed by atoms with Gasteiger partial charge in [-0.1, -0.05) is 24.9 Å². The van der Waals surface area contributed by atoms with Crippen molar-refractivity contribution >= 4 is 23.5 Å². The standard InChI is InChI=1S/C15H21ClN2O4/c1-2-5-12(15(21)22)17-13(19)6-3-4-9-18-10-11(16)7-8-14(18)20/h7-8,10,12H,2-6,9H2,1H3,(H,17,19)(H,21,22). The van der Waals surface area contributed by atoms with Crippen molar-refractivity contribution < 1.29 is 14.7 Å². The highest BCUT2D eigenvalue weighted by atomic mass is 35.5. The van der Waals surface area contributed by atoms with Crippen LogP contribution >= 0.6 is 11.6 Å². The predicted molar refractivity (Wildman–Crippen MR) is 84.0 cm³/mol. The van der Waals surface area contributed by atoms with Crippen LogP contribution in [0.1, 0.15) is 39.0 Å². The van der Waals surface area contributed by atoms with Gasteiger partial charge >= 0.3 is 5.97 Å². The van der Waals surface area contributed by atoms with Crippen LogP contribution in [0.15, 0.2) is 23.1 Å². The summed E-state index contributed by atoms with van der Waals surface area (Å²) < 4.78 is 1.50. The molecule has 0 aliphatic carbocycles. The minimum atomic E-state index is -1.01. The van der Waals surface area contributed by atoms with Crippen LogP contribution in [0.3, 0.4) is 0 Å². The minimum Gasteiger partial charge on any atom is -0.480 e. The molecular formula is C15H21ClN2O4. The molecule has 0 aliphatic rings. The van der Waals surface area contributed by atoms with E-state index in [1.165, 1.54) is 16.7 Å². The quantitative estimate of drug-likeness (QED) is 0.679. The van der Waals surface area contributed by atoms with E-state index in [1.807, 2.05) is 6.92 Å². The number of carboxylic acid groups (broad SMARTS) is 1. The molecule has 2 N–H and O–H groups in total. The van der Waals surface area contributed by atoms with Gasteiger partial charge in [-0.3, -0.25) is 9.59 Å².